The molecule has 0 aromatic heterocycles. The number of rotatable bonds is 32. The molecule has 71 heavy (non-hydrogen) atoms. The molecule has 6 aromatic rings. The minimum atomic E-state index is -0.512. The Hall–Kier alpha value is -6.68. The molecule has 0 unspecified atom stereocenters. The predicted octanol–water partition coefficient (Wildman–Crippen LogP) is 15.6. The molecule has 0 fully saturated rings. The highest BCUT2D eigenvalue weighted by Crippen LogP contribution is 2.28. The average Bonchev–Trinajstić information content (AvgIpc) is 3.37. The number of phenolic OH excluding ortho intramolecular Hbond substituents is 2. The number of ether oxygens (including phenoxy) is 4. The molecule has 10 heteroatoms. The number of fused-ring (bicyclic) bond motifs is 2. The van der Waals surface area contributed by atoms with Gasteiger partial charge in [-0.3, -0.25) is 9.98 Å². The van der Waals surface area contributed by atoms with Crippen LogP contribution in [0.4, 0.5) is 0 Å². The number of carbonyl (C=O) groups is 2. The molecular formula is C61H74N2O8. The van der Waals surface area contributed by atoms with Crippen molar-refractivity contribution >= 4 is 45.9 Å². The molecule has 376 valence electrons. The first-order chi connectivity index (χ1) is 34.8. The van der Waals surface area contributed by atoms with Gasteiger partial charge in [-0.15, -0.1) is 0 Å². The van der Waals surface area contributed by atoms with Crippen molar-refractivity contribution in [2.75, 3.05) is 26.3 Å². The number of aliphatic imine (C=N–C) groups is 2. The second kappa shape index (κ2) is 30.1. The van der Waals surface area contributed by atoms with Crippen LogP contribution in [0.3, 0.4) is 0 Å². The van der Waals surface area contributed by atoms with E-state index in [1.165, 1.54) is 102 Å². The molecule has 0 aliphatic heterocycles. The van der Waals surface area contributed by atoms with Crippen LogP contribution in [-0.4, -0.2) is 60.9 Å². The topological polar surface area (TPSA) is 136 Å². The quantitative estimate of drug-likeness (QED) is 0.0185. The van der Waals surface area contributed by atoms with Crippen LogP contribution in [0.1, 0.15) is 168 Å². The molecule has 2 N–H and O–H groups in total. The Labute approximate surface area is 421 Å². The van der Waals surface area contributed by atoms with Gasteiger partial charge >= 0.3 is 11.9 Å². The van der Waals surface area contributed by atoms with E-state index in [4.69, 9.17) is 18.9 Å². The van der Waals surface area contributed by atoms with E-state index in [1.54, 1.807) is 61.0 Å². The maximum Gasteiger partial charge on any atom is 0.343 e. The van der Waals surface area contributed by atoms with Crippen LogP contribution in [0.5, 0.6) is 34.5 Å². The third-order valence-electron chi connectivity index (χ3n) is 12.6. The van der Waals surface area contributed by atoms with Crippen molar-refractivity contribution in [1.82, 2.24) is 0 Å². The summed E-state index contributed by atoms with van der Waals surface area (Å²) in [7, 11) is 0. The van der Waals surface area contributed by atoms with E-state index in [9.17, 15) is 19.8 Å². The second-order valence-corrected chi connectivity index (χ2v) is 18.4. The second-order valence-electron chi connectivity index (χ2n) is 18.4. The van der Waals surface area contributed by atoms with Crippen molar-refractivity contribution in [3.8, 4) is 34.5 Å². The minimum absolute atomic E-state index is 0.0327. The highest BCUT2D eigenvalue weighted by atomic mass is 16.5. The average molecular weight is 963 g/mol. The lowest BCUT2D eigenvalue weighted by Crippen LogP contribution is -2.08. The first kappa shape index (κ1) is 53.7. The van der Waals surface area contributed by atoms with E-state index in [-0.39, 0.29) is 23.0 Å². The molecule has 6 rings (SSSR count). The summed E-state index contributed by atoms with van der Waals surface area (Å²) in [4.78, 5) is 35.0. The van der Waals surface area contributed by atoms with Crippen LogP contribution < -0.4 is 18.9 Å². The summed E-state index contributed by atoms with van der Waals surface area (Å²) in [6.07, 6.45) is 25.9. The SMILES string of the molecule is CCCCCCCCCCOc1ccc2cc(C(=O)Oc3ccc(C=NCCCCCN=Cc4ccc(OC(=O)c5ccc6cc(OCCCCCCCCCC)ccc6c5)cc4O)c(O)c3)ccc2c1. The number of esters is 2. The van der Waals surface area contributed by atoms with Crippen molar-refractivity contribution in [1.29, 1.82) is 0 Å². The third kappa shape index (κ3) is 18.5. The number of benzene rings is 6. The van der Waals surface area contributed by atoms with Crippen molar-refractivity contribution in [2.24, 2.45) is 9.98 Å². The molecule has 0 heterocycles. The fourth-order valence-corrected chi connectivity index (χ4v) is 8.37. The Morgan fingerprint density at radius 3 is 1.17 bits per heavy atom. The Balaban J connectivity index is 0.844. The number of carbonyl (C=O) groups excluding carboxylic acids is 2. The van der Waals surface area contributed by atoms with Gasteiger partial charge in [0.25, 0.3) is 0 Å². The van der Waals surface area contributed by atoms with E-state index >= 15 is 0 Å². The van der Waals surface area contributed by atoms with Gasteiger partial charge in [0.1, 0.15) is 34.5 Å². The molecule has 0 saturated heterocycles. The summed E-state index contributed by atoms with van der Waals surface area (Å²) in [6.45, 7) is 7.03. The number of phenols is 2. The lowest BCUT2D eigenvalue weighted by molar-refractivity contribution is 0.0725. The molecule has 0 radical (unpaired) electrons. The van der Waals surface area contributed by atoms with Crippen LogP contribution >= 0.6 is 0 Å². The van der Waals surface area contributed by atoms with Gasteiger partial charge in [0.15, 0.2) is 0 Å². The fraction of sp³-hybridized carbons (Fsp3) is 0.410. The van der Waals surface area contributed by atoms with E-state index < -0.39 is 11.9 Å². The standard InChI is InChI=1S/C61H74N2O8/c1-3-5-7-9-11-13-15-20-36-68-54-30-26-46-38-50(24-22-48(46)40-54)60(66)70-56-32-28-52(58(64)42-56)44-62-34-18-17-19-35-63-45-53-29-33-57(43-59(53)65)71-61(67)51-25-23-49-41-55(31-27-47(49)39-51)69-37-21-16-14-12-10-8-6-4-2/h22-33,38-45,64-65H,3-21,34-37H2,1-2H3. The van der Waals surface area contributed by atoms with Gasteiger partial charge in [0, 0.05) is 48.8 Å². The lowest BCUT2D eigenvalue weighted by Gasteiger charge is -2.09. The molecule has 0 bridgehead atoms. The molecule has 6 aromatic carbocycles. The van der Waals surface area contributed by atoms with Crippen molar-refractivity contribution < 1.29 is 38.7 Å². The zero-order valence-corrected chi connectivity index (χ0v) is 42.0. The van der Waals surface area contributed by atoms with Crippen LogP contribution in [0.25, 0.3) is 21.5 Å². The Bertz CT molecular complexity index is 2480. The van der Waals surface area contributed by atoms with Gasteiger partial charge in [-0.05, 0) is 126 Å². The first-order valence-electron chi connectivity index (χ1n) is 26.2. The summed E-state index contributed by atoms with van der Waals surface area (Å²) in [5, 5.41) is 25.1. The Morgan fingerprint density at radius 2 is 0.761 bits per heavy atom. The number of hydrogen-bond acceptors (Lipinski definition) is 10. The van der Waals surface area contributed by atoms with Gasteiger partial charge in [-0.1, -0.05) is 128 Å². The number of unbranched alkanes of at least 4 members (excludes halogenated alkanes) is 16. The molecule has 0 amide bonds. The Kier molecular flexibility index (Phi) is 22.8. The van der Waals surface area contributed by atoms with E-state index in [0.29, 0.717) is 48.6 Å². The molecule has 10 nitrogen and oxygen atoms in total. The van der Waals surface area contributed by atoms with Gasteiger partial charge in [0.05, 0.1) is 24.3 Å². The molecule has 0 spiro atoms. The summed E-state index contributed by atoms with van der Waals surface area (Å²) in [6, 6.07) is 32.1. The molecular weight excluding hydrogens is 889 g/mol. The maximum atomic E-state index is 13.0. The van der Waals surface area contributed by atoms with Gasteiger partial charge in [-0.2, -0.15) is 0 Å². The molecule has 0 aliphatic rings. The van der Waals surface area contributed by atoms with E-state index in [1.807, 2.05) is 48.5 Å². The van der Waals surface area contributed by atoms with E-state index in [0.717, 1.165) is 65.1 Å². The van der Waals surface area contributed by atoms with E-state index in [2.05, 4.69) is 23.8 Å². The zero-order valence-electron chi connectivity index (χ0n) is 42.0. The summed E-state index contributed by atoms with van der Waals surface area (Å²) < 4.78 is 23.2. The molecule has 0 aliphatic carbocycles. The largest absolute Gasteiger partial charge is 0.507 e. The first-order valence-corrected chi connectivity index (χ1v) is 26.2. The maximum absolute atomic E-state index is 13.0. The van der Waals surface area contributed by atoms with Crippen LogP contribution in [0.2, 0.25) is 0 Å². The smallest absolute Gasteiger partial charge is 0.343 e. The van der Waals surface area contributed by atoms with Gasteiger partial charge in [-0.25, -0.2) is 9.59 Å². The number of nitrogens with zero attached hydrogens (tertiary/aromatic N) is 2. The predicted molar refractivity (Wildman–Crippen MR) is 289 cm³/mol. The number of hydrogen-bond donors (Lipinski definition) is 2. The van der Waals surface area contributed by atoms with Crippen LogP contribution in [-0.2, 0) is 0 Å². The highest BCUT2D eigenvalue weighted by Gasteiger charge is 2.14. The fourth-order valence-electron chi connectivity index (χ4n) is 8.37. The lowest BCUT2D eigenvalue weighted by atomic mass is 10.1. The van der Waals surface area contributed by atoms with Gasteiger partial charge in [0.2, 0.25) is 0 Å². The molecule has 0 saturated carbocycles. The third-order valence-corrected chi connectivity index (χ3v) is 12.6. The minimum Gasteiger partial charge on any atom is -0.507 e. The van der Waals surface area contributed by atoms with Crippen molar-refractivity contribution in [3.05, 3.63) is 131 Å². The normalized spacial score (nSPS) is 11.5. The summed E-state index contributed by atoms with van der Waals surface area (Å²) in [5.74, 6) is 1.04. The monoisotopic (exact) mass is 963 g/mol. The Morgan fingerprint density at radius 1 is 0.408 bits per heavy atom. The summed E-state index contributed by atoms with van der Waals surface area (Å²) >= 11 is 0. The van der Waals surface area contributed by atoms with Crippen LogP contribution in [0.15, 0.2) is 119 Å². The van der Waals surface area contributed by atoms with Crippen molar-refractivity contribution in [3.63, 3.8) is 0 Å². The number of aromatic hydroxyl groups is 2. The zero-order chi connectivity index (χ0) is 49.9. The van der Waals surface area contributed by atoms with Gasteiger partial charge < -0.3 is 29.2 Å². The highest BCUT2D eigenvalue weighted by molar-refractivity contribution is 5.98. The molecule has 0 atom stereocenters. The summed E-state index contributed by atoms with van der Waals surface area (Å²) in [5.41, 5.74) is 1.88. The van der Waals surface area contributed by atoms with Crippen molar-refractivity contribution in [2.45, 2.75) is 136 Å². The van der Waals surface area contributed by atoms with Crippen LogP contribution in [0, 0.1) is 0 Å².